The molecule has 1 aliphatic heterocycles. The number of carboxylic acid groups (broad SMARTS) is 2. The van der Waals surface area contributed by atoms with E-state index in [1.165, 1.54) is 11.8 Å². The van der Waals surface area contributed by atoms with Crippen molar-refractivity contribution in [2.75, 3.05) is 0 Å². The Hall–Kier alpha value is -2.19. The van der Waals surface area contributed by atoms with Crippen LogP contribution in [0.1, 0.15) is 58.8 Å². The SMILES string of the molecule is CCC[C@@H](C(=O)O)N(N=O)[C@@H](C)C(=O)N1[C@H](C(=O)O)C[C@@H]2CCCC[C@@H]21. The molecule has 0 aromatic carbocycles. The molecular weight excluding hydrogens is 342 g/mol. The van der Waals surface area contributed by atoms with Gasteiger partial charge in [-0.1, -0.05) is 26.2 Å². The lowest BCUT2D eigenvalue weighted by molar-refractivity contribution is -0.155. The van der Waals surface area contributed by atoms with Crippen molar-refractivity contribution in [2.45, 2.75) is 83.0 Å². The van der Waals surface area contributed by atoms with Crippen LogP contribution in [0.5, 0.6) is 0 Å². The third-order valence-electron chi connectivity index (χ3n) is 5.64. The van der Waals surface area contributed by atoms with Gasteiger partial charge in [-0.05, 0) is 38.5 Å². The molecule has 9 heteroatoms. The van der Waals surface area contributed by atoms with Gasteiger partial charge in [0.25, 0.3) is 0 Å². The smallest absolute Gasteiger partial charge is 0.328 e. The Morgan fingerprint density at radius 2 is 1.88 bits per heavy atom. The highest BCUT2D eigenvalue weighted by Crippen LogP contribution is 2.40. The molecule has 5 atom stereocenters. The van der Waals surface area contributed by atoms with E-state index in [1.54, 1.807) is 6.92 Å². The van der Waals surface area contributed by atoms with Gasteiger partial charge in [0.1, 0.15) is 18.1 Å². The molecule has 1 saturated heterocycles. The van der Waals surface area contributed by atoms with Crippen LogP contribution in [0, 0.1) is 10.8 Å². The van der Waals surface area contributed by atoms with Gasteiger partial charge < -0.3 is 15.1 Å². The van der Waals surface area contributed by atoms with E-state index < -0.39 is 36.0 Å². The van der Waals surface area contributed by atoms with E-state index in [4.69, 9.17) is 0 Å². The summed E-state index contributed by atoms with van der Waals surface area (Å²) < 4.78 is 0. The van der Waals surface area contributed by atoms with Crippen molar-refractivity contribution in [2.24, 2.45) is 11.2 Å². The summed E-state index contributed by atoms with van der Waals surface area (Å²) in [7, 11) is 0. The minimum atomic E-state index is -1.22. The summed E-state index contributed by atoms with van der Waals surface area (Å²) in [6.07, 6.45) is 4.65. The van der Waals surface area contributed by atoms with Crippen molar-refractivity contribution < 1.29 is 24.6 Å². The number of carbonyl (C=O) groups is 3. The Balaban J connectivity index is 2.26. The van der Waals surface area contributed by atoms with E-state index in [2.05, 4.69) is 5.29 Å². The second-order valence-corrected chi connectivity index (χ2v) is 7.23. The van der Waals surface area contributed by atoms with E-state index in [1.807, 2.05) is 0 Å². The lowest BCUT2D eigenvalue weighted by atomic mass is 9.84. The Morgan fingerprint density at radius 3 is 2.42 bits per heavy atom. The summed E-state index contributed by atoms with van der Waals surface area (Å²) in [6, 6.07) is -3.42. The highest BCUT2D eigenvalue weighted by molar-refractivity contribution is 5.88. The highest BCUT2D eigenvalue weighted by Gasteiger charge is 2.49. The Bertz CT molecular complexity index is 569. The lowest BCUT2D eigenvalue weighted by Gasteiger charge is -2.37. The molecule has 0 spiro atoms. The molecule has 2 aliphatic rings. The van der Waals surface area contributed by atoms with Crippen molar-refractivity contribution in [3.8, 4) is 0 Å². The first kappa shape index (κ1) is 20.1. The zero-order valence-electron chi connectivity index (χ0n) is 15.2. The molecule has 26 heavy (non-hydrogen) atoms. The fraction of sp³-hybridized carbons (Fsp3) is 0.824. The molecule has 2 N–H and O–H groups in total. The van der Waals surface area contributed by atoms with Gasteiger partial charge in [0.05, 0.1) is 5.29 Å². The molecule has 1 aliphatic carbocycles. The van der Waals surface area contributed by atoms with Gasteiger partial charge in [-0.3, -0.25) is 4.79 Å². The molecule has 0 radical (unpaired) electrons. The largest absolute Gasteiger partial charge is 0.480 e. The van der Waals surface area contributed by atoms with Gasteiger partial charge in [0.15, 0.2) is 0 Å². The zero-order valence-corrected chi connectivity index (χ0v) is 15.2. The van der Waals surface area contributed by atoms with E-state index in [9.17, 15) is 29.5 Å². The van der Waals surface area contributed by atoms with Crippen LogP contribution < -0.4 is 0 Å². The highest BCUT2D eigenvalue weighted by atomic mass is 16.4. The van der Waals surface area contributed by atoms with Crippen LogP contribution in [0.15, 0.2) is 5.29 Å². The molecule has 146 valence electrons. The Kier molecular flexibility index (Phi) is 6.55. The number of likely N-dealkylation sites (tertiary alicyclic amines) is 1. The van der Waals surface area contributed by atoms with Gasteiger partial charge >= 0.3 is 11.9 Å². The zero-order chi connectivity index (χ0) is 19.4. The van der Waals surface area contributed by atoms with E-state index in [-0.39, 0.29) is 18.4 Å². The molecule has 0 unspecified atom stereocenters. The topological polar surface area (TPSA) is 128 Å². The second kappa shape index (κ2) is 8.46. The van der Waals surface area contributed by atoms with Crippen LogP contribution in [-0.4, -0.2) is 62.1 Å². The number of rotatable bonds is 8. The average molecular weight is 369 g/mol. The number of carbonyl (C=O) groups excluding carboxylic acids is 1. The van der Waals surface area contributed by atoms with Crippen molar-refractivity contribution in [3.05, 3.63) is 4.91 Å². The van der Waals surface area contributed by atoms with Gasteiger partial charge in [-0.15, -0.1) is 4.91 Å². The monoisotopic (exact) mass is 369 g/mol. The number of nitrogens with zero attached hydrogens (tertiary/aromatic N) is 3. The van der Waals surface area contributed by atoms with Crippen LogP contribution in [0.25, 0.3) is 0 Å². The average Bonchev–Trinajstić information content (AvgIpc) is 3.00. The first-order valence-corrected chi connectivity index (χ1v) is 9.22. The summed E-state index contributed by atoms with van der Waals surface area (Å²) in [4.78, 5) is 48.9. The van der Waals surface area contributed by atoms with Crippen molar-refractivity contribution >= 4 is 17.8 Å². The van der Waals surface area contributed by atoms with Crippen LogP contribution in [0.2, 0.25) is 0 Å². The lowest BCUT2D eigenvalue weighted by Crippen LogP contribution is -2.55. The first-order valence-electron chi connectivity index (χ1n) is 9.22. The van der Waals surface area contributed by atoms with Gasteiger partial charge in [-0.25, -0.2) is 14.6 Å². The molecule has 1 heterocycles. The van der Waals surface area contributed by atoms with Gasteiger partial charge in [0, 0.05) is 6.04 Å². The molecule has 0 aromatic rings. The minimum absolute atomic E-state index is 0.143. The molecule has 1 amide bonds. The fourth-order valence-electron chi connectivity index (χ4n) is 4.37. The summed E-state index contributed by atoms with van der Waals surface area (Å²) >= 11 is 0. The normalized spacial score (nSPS) is 27.3. The van der Waals surface area contributed by atoms with Gasteiger partial charge in [-0.2, -0.15) is 0 Å². The maximum absolute atomic E-state index is 13.1. The maximum atomic E-state index is 13.1. The number of aliphatic carboxylic acids is 2. The number of hydrogen-bond donors (Lipinski definition) is 2. The molecule has 1 saturated carbocycles. The maximum Gasteiger partial charge on any atom is 0.328 e. The number of nitroso groups, excluding NO2 is 1. The Labute approximate surface area is 152 Å². The number of hydrogen-bond acceptors (Lipinski definition) is 5. The second-order valence-electron chi connectivity index (χ2n) is 7.23. The third kappa shape index (κ3) is 3.81. The summed E-state index contributed by atoms with van der Waals surface area (Å²) in [5.74, 6) is -2.68. The molecule has 0 aromatic heterocycles. The van der Waals surface area contributed by atoms with Crippen molar-refractivity contribution in [1.82, 2.24) is 9.91 Å². The predicted molar refractivity (Wildman–Crippen MR) is 92.1 cm³/mol. The summed E-state index contributed by atoms with van der Waals surface area (Å²) in [5.41, 5.74) is 0. The van der Waals surface area contributed by atoms with Gasteiger partial charge in [0.2, 0.25) is 5.91 Å². The quantitative estimate of drug-likeness (QED) is 0.493. The van der Waals surface area contributed by atoms with E-state index in [0.29, 0.717) is 12.8 Å². The van der Waals surface area contributed by atoms with Crippen molar-refractivity contribution in [3.63, 3.8) is 0 Å². The predicted octanol–water partition coefficient (Wildman–Crippen LogP) is 1.86. The Morgan fingerprint density at radius 1 is 1.23 bits per heavy atom. The molecule has 2 rings (SSSR count). The van der Waals surface area contributed by atoms with Crippen molar-refractivity contribution in [1.29, 1.82) is 0 Å². The standard InChI is InChI=1S/C17H27N3O6/c1-3-6-13(16(22)23)20(18-26)10(2)15(21)19-12-8-5-4-7-11(12)9-14(19)17(24)25/h10-14H,3-9H2,1-2H3,(H,22,23)(H,24,25)/t10-,11-,12-,13-,14-/m0/s1. The summed E-state index contributed by atoms with van der Waals surface area (Å²) in [5, 5.41) is 22.5. The number of carboxylic acids is 2. The van der Waals surface area contributed by atoms with Crippen LogP contribution >= 0.6 is 0 Å². The number of fused-ring (bicyclic) bond motifs is 1. The first-order chi connectivity index (χ1) is 12.3. The fourth-order valence-corrected chi connectivity index (χ4v) is 4.37. The third-order valence-corrected chi connectivity index (χ3v) is 5.64. The van der Waals surface area contributed by atoms with Crippen LogP contribution in [-0.2, 0) is 14.4 Å². The van der Waals surface area contributed by atoms with Crippen LogP contribution in [0.3, 0.4) is 0 Å². The summed E-state index contributed by atoms with van der Waals surface area (Å²) in [6.45, 7) is 3.20. The number of amides is 1. The molecule has 0 bridgehead atoms. The van der Waals surface area contributed by atoms with Crippen LogP contribution in [0.4, 0.5) is 0 Å². The molecular formula is C17H27N3O6. The molecule has 9 nitrogen and oxygen atoms in total. The minimum Gasteiger partial charge on any atom is -0.480 e. The molecule has 2 fully saturated rings. The van der Waals surface area contributed by atoms with E-state index in [0.717, 1.165) is 30.7 Å². The van der Waals surface area contributed by atoms with E-state index >= 15 is 0 Å².